The molecular formula is C68H76F6N22O6. The molecule has 0 spiro atoms. The van der Waals surface area contributed by atoms with E-state index in [1.54, 1.807) is 107 Å². The molecule has 102 heavy (non-hydrogen) atoms. The Hall–Kier alpha value is -12.0. The quantitative estimate of drug-likeness (QED) is 0.0189. The number of pyridine rings is 3. The van der Waals surface area contributed by atoms with Crippen molar-refractivity contribution in [2.45, 2.75) is 111 Å². The molecule has 0 bridgehead atoms. The van der Waals surface area contributed by atoms with Crippen molar-refractivity contribution in [3.63, 3.8) is 0 Å². The summed E-state index contributed by atoms with van der Waals surface area (Å²) in [5.41, 5.74) is 12.8. The zero-order valence-electron chi connectivity index (χ0n) is 57.2. The van der Waals surface area contributed by atoms with Crippen molar-refractivity contribution >= 4 is 63.3 Å². The Balaban J connectivity index is 0.000000215. The highest BCUT2D eigenvalue weighted by Crippen LogP contribution is 2.30. The highest BCUT2D eigenvalue weighted by atomic mass is 19.3. The average Bonchev–Trinajstić information content (AvgIpc) is 1.60. The zero-order chi connectivity index (χ0) is 74.9. The van der Waals surface area contributed by atoms with Crippen molar-refractivity contribution in [2.24, 2.45) is 5.73 Å². The number of nitrogens with two attached hydrogens (primary N) is 1. The number of rotatable bonds is 25. The molecule has 0 saturated carbocycles. The summed E-state index contributed by atoms with van der Waals surface area (Å²) in [5, 5.41) is 62.5. The van der Waals surface area contributed by atoms with E-state index in [4.69, 9.17) is 26.3 Å². The lowest BCUT2D eigenvalue weighted by molar-refractivity contribution is -0.120. The van der Waals surface area contributed by atoms with E-state index in [0.717, 1.165) is 6.92 Å². The van der Waals surface area contributed by atoms with Crippen LogP contribution in [0.2, 0.25) is 0 Å². The van der Waals surface area contributed by atoms with E-state index in [1.807, 2.05) is 70.4 Å². The van der Waals surface area contributed by atoms with Crippen LogP contribution in [-0.2, 0) is 9.53 Å². The normalized spacial score (nSPS) is 11.5. The molecule has 9 aromatic rings. The molecule has 9 heterocycles. The minimum Gasteiger partial charge on any atom is -0.444 e. The van der Waals surface area contributed by atoms with Gasteiger partial charge < -0.3 is 53.0 Å². The Morgan fingerprint density at radius 3 is 1.06 bits per heavy atom. The van der Waals surface area contributed by atoms with Crippen molar-refractivity contribution in [3.8, 4) is 52.4 Å². The van der Waals surface area contributed by atoms with Gasteiger partial charge in [0.1, 0.15) is 23.8 Å². The SMILES string of the molecule is CC(=O)NCC(F)(F)CNC(=O)c1cnc(-c2ccc3cc(C#N)cnn23)cc1NC(C)C.CC(C)Nc1cc(-c2ccc3cc(C#N)cnn23)ncc1C(=O)NCC(F)(F)CNC(=O)OC(C)(C)C.CC(C)Nc1cc(-c2ccc3cc(C#N)cnn23)ncc1C(=O)NCC(F)(F)CNCN. The minimum absolute atomic E-state index is 0.0210. The molecule has 0 radical (unpaired) electrons. The first-order valence-corrected chi connectivity index (χ1v) is 31.7. The van der Waals surface area contributed by atoms with Gasteiger partial charge in [-0.3, -0.25) is 39.4 Å². The van der Waals surface area contributed by atoms with E-state index in [0.29, 0.717) is 84.5 Å². The summed E-state index contributed by atoms with van der Waals surface area (Å²) >= 11 is 0. The Labute approximate surface area is 581 Å². The largest absolute Gasteiger partial charge is 0.444 e. The molecule has 536 valence electrons. The Morgan fingerprint density at radius 1 is 0.471 bits per heavy atom. The molecule has 5 amide bonds. The standard InChI is InChI=1S/C25H29F2N7O3.C22H23F2N7O2.C21H24F2N8O/c1-15(2)33-19-9-20(21-7-6-17-8-16(10-28)11-32-34(17)21)29-12-18(19)22(35)30-13-25(26,27)14-31-23(36)37-24(3,4)5;1-13(2)30-18-7-19(20-5-4-16-6-15(8-25)9-29-31(16)20)26-10-17(18)21(33)28-12-22(23,24)11-27-14(3)32;1-13(2)30-17-6-18(19-4-3-15-5-14(7-24)8-29-31(15)19)27-9-16(17)20(32)28-11-21(22,23)10-26-12-25/h6-9,11-12,15H,13-14H2,1-5H3,(H,29,33)(H,30,35)(H,31,36);4-7,9-10,13H,11-12H2,1-3H3,(H,26,30)(H,27,32)(H,28,33);3-6,8-9,13,26H,10-12,25H2,1-2H3,(H,27,30)(H,28,32). The summed E-state index contributed by atoms with van der Waals surface area (Å²) in [4.78, 5) is 73.7. The van der Waals surface area contributed by atoms with E-state index >= 15 is 0 Å². The van der Waals surface area contributed by atoms with Crippen molar-refractivity contribution in [2.75, 3.05) is 61.9 Å². The summed E-state index contributed by atoms with van der Waals surface area (Å²) in [6.07, 6.45) is 7.30. The number of hydrogen-bond donors (Lipinski definition) is 10. The summed E-state index contributed by atoms with van der Waals surface area (Å²) in [6.45, 7) is 11.9. The van der Waals surface area contributed by atoms with Crippen LogP contribution in [-0.4, -0.2) is 161 Å². The highest BCUT2D eigenvalue weighted by molar-refractivity contribution is 6.01. The van der Waals surface area contributed by atoms with Crippen LogP contribution in [0.25, 0.3) is 50.7 Å². The summed E-state index contributed by atoms with van der Waals surface area (Å²) in [6, 6.07) is 26.8. The smallest absolute Gasteiger partial charge is 0.407 e. The fraction of sp³-hybridized carbons (Fsp3) is 0.353. The molecule has 9 aromatic heterocycles. The van der Waals surface area contributed by atoms with E-state index < -0.39 is 92.4 Å². The Bertz CT molecular complexity index is 4640. The van der Waals surface area contributed by atoms with Gasteiger partial charge in [0.25, 0.3) is 35.5 Å². The molecular weight excluding hydrogens is 1330 g/mol. The van der Waals surface area contributed by atoms with E-state index in [-0.39, 0.29) is 41.5 Å². The van der Waals surface area contributed by atoms with Crippen LogP contribution in [0.5, 0.6) is 0 Å². The number of ether oxygens (including phenoxy) is 1. The topological polar surface area (TPSA) is 391 Å². The van der Waals surface area contributed by atoms with Crippen LogP contribution >= 0.6 is 0 Å². The maximum Gasteiger partial charge on any atom is 0.407 e. The molecule has 0 atom stereocenters. The van der Waals surface area contributed by atoms with Crippen molar-refractivity contribution < 1.29 is 55.1 Å². The van der Waals surface area contributed by atoms with E-state index in [9.17, 15) is 50.3 Å². The van der Waals surface area contributed by atoms with Crippen LogP contribution in [0.15, 0.2) is 110 Å². The Morgan fingerprint density at radius 2 is 0.775 bits per heavy atom. The first kappa shape index (κ1) is 77.4. The fourth-order valence-electron chi connectivity index (χ4n) is 9.51. The van der Waals surface area contributed by atoms with Gasteiger partial charge in [-0.05, 0) is 135 Å². The number of nitrogens with zero attached hydrogens (tertiary/aromatic N) is 12. The number of nitrogens with one attached hydrogen (secondary N) is 9. The molecule has 34 heteroatoms. The molecule has 9 rings (SSSR count). The molecule has 0 unspecified atom stereocenters. The number of aromatic nitrogens is 9. The number of fused-ring (bicyclic) bond motifs is 3. The van der Waals surface area contributed by atoms with Crippen LogP contribution in [0.3, 0.4) is 0 Å². The van der Waals surface area contributed by atoms with Crippen LogP contribution in [0, 0.1) is 34.0 Å². The molecule has 0 aliphatic heterocycles. The molecule has 0 aromatic carbocycles. The minimum atomic E-state index is -3.41. The van der Waals surface area contributed by atoms with Crippen LogP contribution in [0.1, 0.15) is 117 Å². The summed E-state index contributed by atoms with van der Waals surface area (Å²) in [7, 11) is 0. The van der Waals surface area contributed by atoms with Crippen molar-refractivity contribution in [3.05, 3.63) is 143 Å². The number of anilines is 3. The number of alkyl carbamates (subject to hydrolysis) is 1. The van der Waals surface area contributed by atoms with Gasteiger partial charge in [-0.25, -0.2) is 44.7 Å². The number of halogens is 6. The molecule has 0 aliphatic rings. The van der Waals surface area contributed by atoms with Gasteiger partial charge in [-0.2, -0.15) is 31.1 Å². The molecule has 0 saturated heterocycles. The number of nitriles is 3. The van der Waals surface area contributed by atoms with Crippen molar-refractivity contribution in [1.82, 2.24) is 75.7 Å². The molecule has 11 N–H and O–H groups in total. The Kier molecular flexibility index (Phi) is 25.6. The van der Waals surface area contributed by atoms with Gasteiger partial charge >= 0.3 is 6.09 Å². The number of carbonyl (C=O) groups is 5. The number of amides is 5. The monoisotopic (exact) mass is 1410 g/mol. The summed E-state index contributed by atoms with van der Waals surface area (Å²) in [5.74, 6) is -12.6. The van der Waals surface area contributed by atoms with Gasteiger partial charge in [0.2, 0.25) is 5.91 Å². The average molecular weight is 1410 g/mol. The first-order chi connectivity index (χ1) is 48.1. The van der Waals surface area contributed by atoms with E-state index in [1.165, 1.54) is 37.2 Å². The predicted molar refractivity (Wildman–Crippen MR) is 368 cm³/mol. The third-order valence-corrected chi connectivity index (χ3v) is 14.0. The highest BCUT2D eigenvalue weighted by Gasteiger charge is 2.34. The molecule has 0 fully saturated rings. The van der Waals surface area contributed by atoms with Gasteiger partial charge in [0.05, 0.1) is 159 Å². The lowest BCUT2D eigenvalue weighted by Crippen LogP contribution is -2.46. The van der Waals surface area contributed by atoms with Gasteiger partial charge in [0, 0.05) is 50.3 Å². The first-order valence-electron chi connectivity index (χ1n) is 31.7. The number of alkyl halides is 6. The second-order valence-corrected chi connectivity index (χ2v) is 25.0. The lowest BCUT2D eigenvalue weighted by Gasteiger charge is -2.22. The number of hydrogen-bond acceptors (Lipinski definition) is 20. The van der Waals surface area contributed by atoms with Gasteiger partial charge in [0.15, 0.2) is 0 Å². The van der Waals surface area contributed by atoms with Crippen LogP contribution < -0.4 is 53.6 Å². The molecule has 0 aliphatic carbocycles. The summed E-state index contributed by atoms with van der Waals surface area (Å²) < 4.78 is 94.0. The maximum atomic E-state index is 14.3. The second kappa shape index (κ2) is 33.7. The maximum absolute atomic E-state index is 14.3. The molecule has 28 nitrogen and oxygen atoms in total. The number of carbonyl (C=O) groups excluding carboxylic acids is 5. The van der Waals surface area contributed by atoms with E-state index in [2.05, 4.69) is 67.5 Å². The lowest BCUT2D eigenvalue weighted by atomic mass is 10.1. The third-order valence-electron chi connectivity index (χ3n) is 14.0. The van der Waals surface area contributed by atoms with Crippen molar-refractivity contribution in [1.29, 1.82) is 15.8 Å². The van der Waals surface area contributed by atoms with Crippen LogP contribution in [0.4, 0.5) is 48.2 Å². The second-order valence-electron chi connectivity index (χ2n) is 25.0. The third kappa shape index (κ3) is 21.8. The van der Waals surface area contributed by atoms with Gasteiger partial charge in [-0.15, -0.1) is 0 Å². The zero-order valence-corrected chi connectivity index (χ0v) is 57.2. The predicted octanol–water partition coefficient (Wildman–Crippen LogP) is 8.53. The fourth-order valence-corrected chi connectivity index (χ4v) is 9.51. The van der Waals surface area contributed by atoms with Gasteiger partial charge in [-0.1, -0.05) is 0 Å².